The molecular formula is C12H13BrF3NO2S. The van der Waals surface area contributed by atoms with Crippen molar-refractivity contribution in [3.05, 3.63) is 20.3 Å². The molecule has 1 aliphatic heterocycles. The number of halogens is 4. The van der Waals surface area contributed by atoms with Crippen LogP contribution >= 0.6 is 27.3 Å². The van der Waals surface area contributed by atoms with E-state index in [2.05, 4.69) is 15.9 Å². The lowest BCUT2D eigenvalue weighted by atomic mass is 9.96. The first kappa shape index (κ1) is 15.8. The number of rotatable bonds is 3. The number of hydrogen-bond acceptors (Lipinski definition) is 3. The van der Waals surface area contributed by atoms with Gasteiger partial charge in [0, 0.05) is 33.9 Å². The van der Waals surface area contributed by atoms with Crippen LogP contribution in [0.25, 0.3) is 0 Å². The van der Waals surface area contributed by atoms with Gasteiger partial charge in [0.05, 0.1) is 11.8 Å². The molecule has 2 atom stereocenters. The van der Waals surface area contributed by atoms with Crippen molar-refractivity contribution >= 4 is 33.2 Å². The Morgan fingerprint density at radius 3 is 2.60 bits per heavy atom. The second kappa shape index (κ2) is 5.65. The van der Waals surface area contributed by atoms with E-state index < -0.39 is 24.0 Å². The van der Waals surface area contributed by atoms with Crippen LogP contribution in [-0.2, 0) is 11.3 Å². The average molecular weight is 372 g/mol. The number of carbonyl (C=O) groups is 1. The Morgan fingerprint density at radius 2 is 2.20 bits per heavy atom. The molecule has 1 fully saturated rings. The van der Waals surface area contributed by atoms with Gasteiger partial charge < -0.3 is 5.11 Å². The van der Waals surface area contributed by atoms with Gasteiger partial charge in [0.25, 0.3) is 0 Å². The summed E-state index contributed by atoms with van der Waals surface area (Å²) in [5.41, 5.74) is 0. The lowest BCUT2D eigenvalue weighted by Crippen LogP contribution is -2.33. The number of likely N-dealkylation sites (tertiary alicyclic amines) is 1. The highest BCUT2D eigenvalue weighted by atomic mass is 79.9. The minimum atomic E-state index is -4.47. The normalized spacial score (nSPS) is 24.2. The molecule has 1 N–H and O–H groups in total. The molecular weight excluding hydrogens is 359 g/mol. The lowest BCUT2D eigenvalue weighted by molar-refractivity contribution is -0.188. The molecule has 1 aliphatic rings. The lowest BCUT2D eigenvalue weighted by Gasteiger charge is -2.18. The van der Waals surface area contributed by atoms with Crippen molar-refractivity contribution in [3.8, 4) is 0 Å². The highest BCUT2D eigenvalue weighted by Gasteiger charge is 2.52. The summed E-state index contributed by atoms with van der Waals surface area (Å²) < 4.78 is 39.5. The summed E-state index contributed by atoms with van der Waals surface area (Å²) in [7, 11) is 0. The maximum absolute atomic E-state index is 12.9. The van der Waals surface area contributed by atoms with E-state index >= 15 is 0 Å². The van der Waals surface area contributed by atoms with Crippen LogP contribution in [0.3, 0.4) is 0 Å². The van der Waals surface area contributed by atoms with Crippen LogP contribution < -0.4 is 0 Å². The molecule has 0 spiro atoms. The summed E-state index contributed by atoms with van der Waals surface area (Å²) in [5.74, 6) is -4.55. The molecule has 2 rings (SSSR count). The van der Waals surface area contributed by atoms with Crippen LogP contribution in [0.15, 0.2) is 10.5 Å². The quantitative estimate of drug-likeness (QED) is 0.883. The molecule has 0 aliphatic carbocycles. The van der Waals surface area contributed by atoms with E-state index in [1.807, 2.05) is 13.0 Å². The number of nitrogens with zero attached hydrogens (tertiary/aromatic N) is 1. The maximum Gasteiger partial charge on any atom is 0.393 e. The van der Waals surface area contributed by atoms with Gasteiger partial charge in [0.15, 0.2) is 0 Å². The molecule has 1 saturated heterocycles. The third-order valence-electron chi connectivity index (χ3n) is 3.38. The molecule has 0 bridgehead atoms. The third-order valence-corrected chi connectivity index (χ3v) is 5.39. The Bertz CT molecular complexity index is 517. The number of carboxylic acids is 1. The van der Waals surface area contributed by atoms with Crippen LogP contribution in [0.4, 0.5) is 13.2 Å². The first-order valence-electron chi connectivity index (χ1n) is 5.95. The summed E-state index contributed by atoms with van der Waals surface area (Å²) in [4.78, 5) is 14.5. The fourth-order valence-electron chi connectivity index (χ4n) is 2.44. The molecule has 0 unspecified atom stereocenters. The molecule has 20 heavy (non-hydrogen) atoms. The van der Waals surface area contributed by atoms with Crippen LogP contribution in [0, 0.1) is 18.8 Å². The average Bonchev–Trinajstić information content (AvgIpc) is 2.83. The fraction of sp³-hybridized carbons (Fsp3) is 0.583. The van der Waals surface area contributed by atoms with E-state index in [4.69, 9.17) is 5.11 Å². The number of aliphatic carboxylic acids is 1. The van der Waals surface area contributed by atoms with Crippen molar-refractivity contribution in [1.29, 1.82) is 0 Å². The second-order valence-corrected chi connectivity index (χ2v) is 7.11. The van der Waals surface area contributed by atoms with Crippen LogP contribution in [0.1, 0.15) is 9.75 Å². The Kier molecular flexibility index (Phi) is 4.46. The number of alkyl halides is 3. The van der Waals surface area contributed by atoms with Crippen LogP contribution in [0.2, 0.25) is 0 Å². The van der Waals surface area contributed by atoms with Gasteiger partial charge in [-0.1, -0.05) is 0 Å². The summed E-state index contributed by atoms with van der Waals surface area (Å²) >= 11 is 4.87. The van der Waals surface area contributed by atoms with E-state index in [9.17, 15) is 18.0 Å². The molecule has 1 aromatic heterocycles. The zero-order valence-electron chi connectivity index (χ0n) is 10.6. The van der Waals surface area contributed by atoms with E-state index in [0.717, 1.165) is 14.2 Å². The SMILES string of the molecule is Cc1cc(Br)c(CN2C[C@@H](C(F)(F)F)[C@H](C(=O)O)C2)s1. The van der Waals surface area contributed by atoms with Crippen LogP contribution in [0.5, 0.6) is 0 Å². The second-order valence-electron chi connectivity index (χ2n) is 4.92. The van der Waals surface area contributed by atoms with Crippen molar-refractivity contribution in [2.24, 2.45) is 11.8 Å². The predicted octanol–water partition coefficient (Wildman–Crippen LogP) is 3.51. The highest BCUT2D eigenvalue weighted by molar-refractivity contribution is 9.10. The molecule has 1 aromatic rings. The summed E-state index contributed by atoms with van der Waals surface area (Å²) in [6.07, 6.45) is -4.47. The maximum atomic E-state index is 12.9. The minimum Gasteiger partial charge on any atom is -0.481 e. The minimum absolute atomic E-state index is 0.0666. The largest absolute Gasteiger partial charge is 0.481 e. The first-order chi connectivity index (χ1) is 9.18. The van der Waals surface area contributed by atoms with Crippen molar-refractivity contribution in [1.82, 2.24) is 4.90 Å². The van der Waals surface area contributed by atoms with Crippen molar-refractivity contribution in [2.45, 2.75) is 19.6 Å². The Balaban J connectivity index is 2.12. The van der Waals surface area contributed by atoms with Gasteiger partial charge in [-0.15, -0.1) is 11.3 Å². The van der Waals surface area contributed by atoms with Gasteiger partial charge in [-0.2, -0.15) is 13.2 Å². The molecule has 8 heteroatoms. The van der Waals surface area contributed by atoms with Gasteiger partial charge in [-0.25, -0.2) is 0 Å². The Hall–Kier alpha value is -0.600. The standard InChI is InChI=1S/C12H13BrF3NO2S/c1-6-2-9(13)10(20-6)5-17-3-7(11(18)19)8(4-17)12(14,15)16/h2,7-8H,3-5H2,1H3,(H,18,19)/t7-,8-/m1/s1. The molecule has 112 valence electrons. The number of hydrogen-bond donors (Lipinski definition) is 1. The van der Waals surface area contributed by atoms with Crippen molar-refractivity contribution in [3.63, 3.8) is 0 Å². The Labute approximate surface area is 126 Å². The fourth-order valence-corrected chi connectivity index (χ4v) is 4.27. The summed E-state index contributed by atoms with van der Waals surface area (Å²) in [6, 6.07) is 1.91. The zero-order valence-corrected chi connectivity index (χ0v) is 13.0. The molecule has 0 saturated carbocycles. The number of thiophene rings is 1. The Morgan fingerprint density at radius 1 is 1.55 bits per heavy atom. The number of carboxylic acid groups (broad SMARTS) is 1. The van der Waals surface area contributed by atoms with E-state index in [0.29, 0.717) is 6.54 Å². The predicted molar refractivity (Wildman–Crippen MR) is 72.7 cm³/mol. The van der Waals surface area contributed by atoms with Gasteiger partial charge in [-0.3, -0.25) is 9.69 Å². The first-order valence-corrected chi connectivity index (χ1v) is 7.56. The molecule has 3 nitrogen and oxygen atoms in total. The molecule has 2 heterocycles. The molecule has 0 radical (unpaired) electrons. The van der Waals surface area contributed by atoms with Gasteiger partial charge in [0.2, 0.25) is 0 Å². The highest BCUT2D eigenvalue weighted by Crippen LogP contribution is 2.39. The summed E-state index contributed by atoms with van der Waals surface area (Å²) in [5, 5.41) is 8.96. The van der Waals surface area contributed by atoms with Gasteiger partial charge in [-0.05, 0) is 28.9 Å². The molecule has 0 aromatic carbocycles. The van der Waals surface area contributed by atoms with E-state index in [-0.39, 0.29) is 13.1 Å². The van der Waals surface area contributed by atoms with Gasteiger partial charge in [0.1, 0.15) is 0 Å². The summed E-state index contributed by atoms with van der Waals surface area (Å²) in [6.45, 7) is 1.93. The van der Waals surface area contributed by atoms with Crippen LogP contribution in [-0.4, -0.2) is 35.2 Å². The molecule has 0 amide bonds. The van der Waals surface area contributed by atoms with Crippen molar-refractivity contribution < 1.29 is 23.1 Å². The third kappa shape index (κ3) is 3.35. The van der Waals surface area contributed by atoms with Crippen molar-refractivity contribution in [2.75, 3.05) is 13.1 Å². The van der Waals surface area contributed by atoms with Gasteiger partial charge >= 0.3 is 12.1 Å². The van der Waals surface area contributed by atoms with E-state index in [1.165, 1.54) is 11.3 Å². The van der Waals surface area contributed by atoms with E-state index in [1.54, 1.807) is 4.90 Å². The zero-order chi connectivity index (χ0) is 15.1. The number of aryl methyl sites for hydroxylation is 1. The monoisotopic (exact) mass is 371 g/mol. The smallest absolute Gasteiger partial charge is 0.393 e. The topological polar surface area (TPSA) is 40.5 Å².